The third-order valence-electron chi connectivity index (χ3n) is 4.64. The standard InChI is InChI=1S/C18H26N2O5S/c1-13-7-4-5-10-16(13)19-17(21)12-25-18(22)14-8-6-9-15(11-14)26(23,24)20(2)3/h6,8-9,11,13,16H,4-5,7,10,12H2,1-3H3,(H,19,21)/t13-,16-/m0/s1. The first-order valence-electron chi connectivity index (χ1n) is 8.71. The van der Waals surface area contributed by atoms with Crippen molar-refractivity contribution in [2.45, 2.75) is 43.5 Å². The van der Waals surface area contributed by atoms with Crippen LogP contribution in [0.2, 0.25) is 0 Å². The first kappa shape index (κ1) is 20.4. The minimum Gasteiger partial charge on any atom is -0.452 e. The van der Waals surface area contributed by atoms with Crippen molar-refractivity contribution in [1.29, 1.82) is 0 Å². The Balaban J connectivity index is 1.94. The van der Waals surface area contributed by atoms with E-state index in [2.05, 4.69) is 12.2 Å². The molecule has 1 aromatic rings. The van der Waals surface area contributed by atoms with Gasteiger partial charge in [-0.1, -0.05) is 25.8 Å². The Bertz CT molecular complexity index is 761. The van der Waals surface area contributed by atoms with Crippen molar-refractivity contribution in [3.05, 3.63) is 29.8 Å². The molecule has 1 aliphatic carbocycles. The quantitative estimate of drug-likeness (QED) is 0.757. The van der Waals surface area contributed by atoms with Gasteiger partial charge in [0.2, 0.25) is 10.0 Å². The minimum absolute atomic E-state index is 0.00238. The molecule has 1 aliphatic rings. The number of amides is 1. The van der Waals surface area contributed by atoms with Gasteiger partial charge < -0.3 is 10.1 Å². The van der Waals surface area contributed by atoms with Crippen molar-refractivity contribution < 1.29 is 22.7 Å². The number of hydrogen-bond donors (Lipinski definition) is 1. The monoisotopic (exact) mass is 382 g/mol. The molecule has 0 radical (unpaired) electrons. The summed E-state index contributed by atoms with van der Waals surface area (Å²) in [6.07, 6.45) is 4.28. The summed E-state index contributed by atoms with van der Waals surface area (Å²) >= 11 is 0. The summed E-state index contributed by atoms with van der Waals surface area (Å²) in [7, 11) is -0.816. The van der Waals surface area contributed by atoms with Gasteiger partial charge in [0.1, 0.15) is 0 Å². The summed E-state index contributed by atoms with van der Waals surface area (Å²) in [4.78, 5) is 24.2. The third-order valence-corrected chi connectivity index (χ3v) is 6.45. The van der Waals surface area contributed by atoms with Crippen LogP contribution in [0.15, 0.2) is 29.2 Å². The van der Waals surface area contributed by atoms with E-state index in [4.69, 9.17) is 4.74 Å². The van der Waals surface area contributed by atoms with Gasteiger partial charge in [-0.15, -0.1) is 0 Å². The summed E-state index contributed by atoms with van der Waals surface area (Å²) in [6.45, 7) is 1.72. The lowest BCUT2D eigenvalue weighted by Crippen LogP contribution is -2.42. The van der Waals surface area contributed by atoms with Crippen LogP contribution in [0.5, 0.6) is 0 Å². The number of sulfonamides is 1. The first-order valence-corrected chi connectivity index (χ1v) is 10.1. The zero-order valence-corrected chi connectivity index (χ0v) is 16.2. The van der Waals surface area contributed by atoms with Crippen LogP contribution in [0.25, 0.3) is 0 Å². The number of nitrogens with zero attached hydrogens (tertiary/aromatic N) is 1. The second-order valence-corrected chi connectivity index (χ2v) is 8.98. The van der Waals surface area contributed by atoms with E-state index in [1.165, 1.54) is 44.8 Å². The van der Waals surface area contributed by atoms with E-state index in [-0.39, 0.29) is 29.0 Å². The highest BCUT2D eigenvalue weighted by Gasteiger charge is 2.23. The molecule has 1 saturated carbocycles. The largest absolute Gasteiger partial charge is 0.452 e. The van der Waals surface area contributed by atoms with E-state index < -0.39 is 16.0 Å². The molecule has 0 aromatic heterocycles. The molecule has 0 unspecified atom stereocenters. The van der Waals surface area contributed by atoms with Gasteiger partial charge in [0.05, 0.1) is 10.5 Å². The second kappa shape index (κ2) is 8.64. The zero-order valence-electron chi connectivity index (χ0n) is 15.4. The Morgan fingerprint density at radius 2 is 1.92 bits per heavy atom. The van der Waals surface area contributed by atoms with E-state index in [0.717, 1.165) is 23.6 Å². The molecule has 0 bridgehead atoms. The average molecular weight is 382 g/mol. The lowest BCUT2D eigenvalue weighted by molar-refractivity contribution is -0.125. The second-order valence-electron chi connectivity index (χ2n) is 6.83. The van der Waals surface area contributed by atoms with Gasteiger partial charge in [0.25, 0.3) is 5.91 Å². The third kappa shape index (κ3) is 5.04. The van der Waals surface area contributed by atoms with Crippen LogP contribution in [0.4, 0.5) is 0 Å². The van der Waals surface area contributed by atoms with Crippen LogP contribution in [0.1, 0.15) is 43.0 Å². The Labute approximate surface area is 154 Å². The Kier molecular flexibility index (Phi) is 6.77. The van der Waals surface area contributed by atoms with Gasteiger partial charge in [0.15, 0.2) is 6.61 Å². The molecule has 26 heavy (non-hydrogen) atoms. The van der Waals surface area contributed by atoms with Crippen LogP contribution >= 0.6 is 0 Å². The normalized spacial score (nSPS) is 20.6. The predicted octanol–water partition coefficient (Wildman–Crippen LogP) is 1.79. The topological polar surface area (TPSA) is 92.8 Å². The molecule has 1 N–H and O–H groups in total. The summed E-state index contributed by atoms with van der Waals surface area (Å²) in [5.74, 6) is -0.655. The van der Waals surface area contributed by atoms with E-state index >= 15 is 0 Å². The molecule has 0 spiro atoms. The highest BCUT2D eigenvalue weighted by molar-refractivity contribution is 7.89. The molecule has 1 aromatic carbocycles. The molecule has 1 fully saturated rings. The van der Waals surface area contributed by atoms with Gasteiger partial charge in [-0.25, -0.2) is 17.5 Å². The van der Waals surface area contributed by atoms with Crippen LogP contribution in [0, 0.1) is 5.92 Å². The fourth-order valence-corrected chi connectivity index (χ4v) is 3.94. The molecule has 1 amide bonds. The maximum Gasteiger partial charge on any atom is 0.338 e. The number of nitrogens with one attached hydrogen (secondary N) is 1. The van der Waals surface area contributed by atoms with Gasteiger partial charge >= 0.3 is 5.97 Å². The van der Waals surface area contributed by atoms with Crippen LogP contribution in [-0.4, -0.2) is 51.3 Å². The fraction of sp³-hybridized carbons (Fsp3) is 0.556. The molecule has 144 valence electrons. The number of ether oxygens (including phenoxy) is 1. The van der Waals surface area contributed by atoms with Crippen molar-refractivity contribution in [3.8, 4) is 0 Å². The number of carbonyl (C=O) groups excluding carboxylic acids is 2. The zero-order chi connectivity index (χ0) is 19.3. The molecule has 7 nitrogen and oxygen atoms in total. The number of hydrogen-bond acceptors (Lipinski definition) is 5. The summed E-state index contributed by atoms with van der Waals surface area (Å²) in [6, 6.07) is 5.69. The Hall–Kier alpha value is -1.93. The number of benzene rings is 1. The first-order chi connectivity index (χ1) is 12.2. The average Bonchev–Trinajstić information content (AvgIpc) is 2.61. The Morgan fingerprint density at radius 1 is 1.23 bits per heavy atom. The van der Waals surface area contributed by atoms with Crippen molar-refractivity contribution in [2.75, 3.05) is 20.7 Å². The van der Waals surface area contributed by atoms with Crippen LogP contribution < -0.4 is 5.32 Å². The van der Waals surface area contributed by atoms with Crippen molar-refractivity contribution in [3.63, 3.8) is 0 Å². The van der Waals surface area contributed by atoms with E-state index in [1.54, 1.807) is 0 Å². The van der Waals surface area contributed by atoms with E-state index in [0.29, 0.717) is 5.92 Å². The SMILES string of the molecule is C[C@H]1CCCC[C@@H]1NC(=O)COC(=O)c1cccc(S(=O)(=O)N(C)C)c1. The summed E-state index contributed by atoms with van der Waals surface area (Å²) in [5, 5.41) is 2.91. The summed E-state index contributed by atoms with van der Waals surface area (Å²) in [5.41, 5.74) is 0.0896. The van der Waals surface area contributed by atoms with Gasteiger partial charge in [-0.2, -0.15) is 0 Å². The predicted molar refractivity (Wildman–Crippen MR) is 97.2 cm³/mol. The van der Waals surface area contributed by atoms with Gasteiger partial charge in [-0.3, -0.25) is 4.79 Å². The maximum atomic E-state index is 12.1. The Morgan fingerprint density at radius 3 is 2.58 bits per heavy atom. The molecule has 0 aliphatic heterocycles. The molecular formula is C18H26N2O5S. The number of rotatable bonds is 6. The van der Waals surface area contributed by atoms with Gasteiger partial charge in [0, 0.05) is 20.1 Å². The van der Waals surface area contributed by atoms with Crippen molar-refractivity contribution in [1.82, 2.24) is 9.62 Å². The lowest BCUT2D eigenvalue weighted by atomic mass is 9.86. The molecule has 0 heterocycles. The van der Waals surface area contributed by atoms with E-state index in [9.17, 15) is 18.0 Å². The molecule has 0 saturated heterocycles. The highest BCUT2D eigenvalue weighted by Crippen LogP contribution is 2.23. The number of carbonyl (C=O) groups is 2. The highest BCUT2D eigenvalue weighted by atomic mass is 32.2. The van der Waals surface area contributed by atoms with Crippen molar-refractivity contribution >= 4 is 21.9 Å². The summed E-state index contributed by atoms with van der Waals surface area (Å²) < 4.78 is 30.4. The van der Waals surface area contributed by atoms with E-state index in [1.807, 2.05) is 0 Å². The smallest absolute Gasteiger partial charge is 0.338 e. The fourth-order valence-electron chi connectivity index (χ4n) is 2.99. The molecule has 8 heteroatoms. The van der Waals surface area contributed by atoms with Gasteiger partial charge in [-0.05, 0) is 37.0 Å². The minimum atomic E-state index is -3.64. The van der Waals surface area contributed by atoms with Crippen LogP contribution in [-0.2, 0) is 19.6 Å². The lowest BCUT2D eigenvalue weighted by Gasteiger charge is -2.29. The maximum absolute atomic E-state index is 12.1. The molecule has 2 rings (SSSR count). The molecular weight excluding hydrogens is 356 g/mol. The van der Waals surface area contributed by atoms with Crippen molar-refractivity contribution in [2.24, 2.45) is 5.92 Å². The molecule has 2 atom stereocenters. The number of esters is 1. The van der Waals surface area contributed by atoms with Crippen LogP contribution in [0.3, 0.4) is 0 Å².